The SMILES string of the molecule is O=C(c1ccccc1)C(O)(Br)C(=O)c1ccccc1. The molecule has 0 bridgehead atoms. The maximum atomic E-state index is 12.2. The van der Waals surface area contributed by atoms with Gasteiger partial charge in [0.15, 0.2) is 0 Å². The molecule has 0 spiro atoms. The second-order valence-corrected chi connectivity index (χ2v) is 5.16. The van der Waals surface area contributed by atoms with Crippen LogP contribution in [-0.4, -0.2) is 21.2 Å². The van der Waals surface area contributed by atoms with Gasteiger partial charge in [-0.1, -0.05) is 60.7 Å². The number of alkyl halides is 1. The Kier molecular flexibility index (Phi) is 3.93. The van der Waals surface area contributed by atoms with E-state index in [-0.39, 0.29) is 11.1 Å². The minimum atomic E-state index is -2.24. The molecule has 0 aliphatic rings. The van der Waals surface area contributed by atoms with Crippen molar-refractivity contribution < 1.29 is 14.7 Å². The molecule has 0 heterocycles. The Morgan fingerprint density at radius 2 is 1.11 bits per heavy atom. The highest BCUT2D eigenvalue weighted by molar-refractivity contribution is 9.10. The molecule has 0 aliphatic heterocycles. The van der Waals surface area contributed by atoms with Crippen molar-refractivity contribution in [2.45, 2.75) is 4.51 Å². The quantitative estimate of drug-likeness (QED) is 0.536. The van der Waals surface area contributed by atoms with E-state index < -0.39 is 16.1 Å². The van der Waals surface area contributed by atoms with Gasteiger partial charge in [0, 0.05) is 11.1 Å². The van der Waals surface area contributed by atoms with Gasteiger partial charge in [-0.25, -0.2) is 0 Å². The molecule has 2 aromatic rings. The maximum absolute atomic E-state index is 12.2. The number of Topliss-reactive ketones (excluding diaryl/α,β-unsaturated/α-hetero) is 2. The summed E-state index contributed by atoms with van der Waals surface area (Å²) in [5.74, 6) is -1.36. The molecule has 2 aromatic carbocycles. The zero-order chi connectivity index (χ0) is 13.9. The number of ketones is 2. The summed E-state index contributed by atoms with van der Waals surface area (Å²) in [6, 6.07) is 16.4. The fourth-order valence-electron chi connectivity index (χ4n) is 1.66. The number of carbonyl (C=O) groups is 2. The van der Waals surface area contributed by atoms with Crippen LogP contribution in [0, 0.1) is 0 Å². The van der Waals surface area contributed by atoms with Crippen molar-refractivity contribution in [2.24, 2.45) is 0 Å². The highest BCUT2D eigenvalue weighted by Gasteiger charge is 2.41. The van der Waals surface area contributed by atoms with Crippen LogP contribution < -0.4 is 0 Å². The van der Waals surface area contributed by atoms with Gasteiger partial charge in [-0.2, -0.15) is 0 Å². The number of carbonyl (C=O) groups excluding carboxylic acids is 2. The van der Waals surface area contributed by atoms with Gasteiger partial charge >= 0.3 is 0 Å². The zero-order valence-electron chi connectivity index (χ0n) is 9.92. The lowest BCUT2D eigenvalue weighted by molar-refractivity contribution is 0.0570. The monoisotopic (exact) mass is 318 g/mol. The summed E-state index contributed by atoms with van der Waals surface area (Å²) in [4.78, 5) is 24.3. The molecule has 2 rings (SSSR count). The van der Waals surface area contributed by atoms with E-state index in [1.165, 1.54) is 0 Å². The summed E-state index contributed by atoms with van der Waals surface area (Å²) in [7, 11) is 0. The molecule has 0 aliphatic carbocycles. The summed E-state index contributed by atoms with van der Waals surface area (Å²) >= 11 is 2.84. The van der Waals surface area contributed by atoms with E-state index >= 15 is 0 Å². The lowest BCUT2D eigenvalue weighted by Crippen LogP contribution is -2.40. The minimum absolute atomic E-state index is 0.270. The first-order valence-electron chi connectivity index (χ1n) is 5.64. The summed E-state index contributed by atoms with van der Waals surface area (Å²) in [6.07, 6.45) is 0. The Labute approximate surface area is 119 Å². The first-order valence-corrected chi connectivity index (χ1v) is 6.44. The average molecular weight is 319 g/mol. The van der Waals surface area contributed by atoms with Crippen molar-refractivity contribution in [1.29, 1.82) is 0 Å². The summed E-state index contributed by atoms with van der Waals surface area (Å²) in [5, 5.41) is 10.2. The first kappa shape index (κ1) is 13.6. The zero-order valence-corrected chi connectivity index (χ0v) is 11.5. The van der Waals surface area contributed by atoms with Gasteiger partial charge in [-0.15, -0.1) is 0 Å². The Morgan fingerprint density at radius 1 is 0.789 bits per heavy atom. The fourth-order valence-corrected chi connectivity index (χ4v) is 2.12. The van der Waals surface area contributed by atoms with Crippen molar-refractivity contribution >= 4 is 27.5 Å². The molecule has 0 aromatic heterocycles. The second-order valence-electron chi connectivity index (χ2n) is 4.01. The first-order chi connectivity index (χ1) is 9.03. The van der Waals surface area contributed by atoms with E-state index in [0.29, 0.717) is 0 Å². The number of hydrogen-bond donors (Lipinski definition) is 1. The van der Waals surface area contributed by atoms with E-state index in [9.17, 15) is 14.7 Å². The van der Waals surface area contributed by atoms with Crippen LogP contribution in [0.3, 0.4) is 0 Å². The molecule has 3 nitrogen and oxygen atoms in total. The van der Waals surface area contributed by atoms with Crippen molar-refractivity contribution in [3.63, 3.8) is 0 Å². The predicted octanol–water partition coefficient (Wildman–Crippen LogP) is 2.84. The smallest absolute Gasteiger partial charge is 0.246 e. The van der Waals surface area contributed by atoms with Crippen LogP contribution in [-0.2, 0) is 0 Å². The van der Waals surface area contributed by atoms with E-state index in [1.807, 2.05) is 0 Å². The Hall–Kier alpha value is -1.78. The summed E-state index contributed by atoms with van der Waals surface area (Å²) in [6.45, 7) is 0. The van der Waals surface area contributed by atoms with E-state index in [1.54, 1.807) is 60.7 Å². The molecule has 4 heteroatoms. The van der Waals surface area contributed by atoms with E-state index in [0.717, 1.165) is 0 Å². The van der Waals surface area contributed by atoms with Crippen LogP contribution in [0.4, 0.5) is 0 Å². The van der Waals surface area contributed by atoms with Gasteiger partial charge in [0.25, 0.3) is 0 Å². The van der Waals surface area contributed by atoms with Gasteiger partial charge in [0.2, 0.25) is 16.1 Å². The molecular formula is C15H11BrO3. The summed E-state index contributed by atoms with van der Waals surface area (Å²) in [5.41, 5.74) is 0.539. The highest BCUT2D eigenvalue weighted by Crippen LogP contribution is 2.25. The minimum Gasteiger partial charge on any atom is -0.366 e. The average Bonchev–Trinajstić information content (AvgIpc) is 2.47. The van der Waals surface area contributed by atoms with Gasteiger partial charge in [0.1, 0.15) is 0 Å². The van der Waals surface area contributed by atoms with Crippen LogP contribution in [0.25, 0.3) is 0 Å². The molecule has 19 heavy (non-hydrogen) atoms. The Morgan fingerprint density at radius 3 is 1.42 bits per heavy atom. The molecule has 0 fully saturated rings. The molecule has 0 saturated heterocycles. The number of hydrogen-bond acceptors (Lipinski definition) is 3. The van der Waals surface area contributed by atoms with Crippen LogP contribution in [0.2, 0.25) is 0 Å². The third-order valence-corrected chi connectivity index (χ3v) is 3.39. The maximum Gasteiger partial charge on any atom is 0.246 e. The molecule has 0 radical (unpaired) electrons. The highest BCUT2D eigenvalue weighted by atomic mass is 79.9. The molecule has 1 N–H and O–H groups in total. The largest absolute Gasteiger partial charge is 0.366 e. The van der Waals surface area contributed by atoms with Crippen LogP contribution in [0.5, 0.6) is 0 Å². The van der Waals surface area contributed by atoms with Crippen LogP contribution >= 0.6 is 15.9 Å². The van der Waals surface area contributed by atoms with Crippen LogP contribution in [0.15, 0.2) is 60.7 Å². The van der Waals surface area contributed by atoms with Gasteiger partial charge in [-0.3, -0.25) is 9.59 Å². The van der Waals surface area contributed by atoms with Crippen molar-refractivity contribution in [2.75, 3.05) is 0 Å². The normalized spacial score (nSPS) is 11.1. The molecular weight excluding hydrogens is 308 g/mol. The topological polar surface area (TPSA) is 54.4 Å². The van der Waals surface area contributed by atoms with Crippen molar-refractivity contribution in [3.8, 4) is 0 Å². The predicted molar refractivity (Wildman–Crippen MR) is 75.4 cm³/mol. The summed E-state index contributed by atoms with van der Waals surface area (Å²) < 4.78 is -2.24. The Bertz CT molecular complexity index is 538. The Balaban J connectivity index is 2.33. The van der Waals surface area contributed by atoms with Gasteiger partial charge in [0.05, 0.1) is 0 Å². The van der Waals surface area contributed by atoms with Crippen molar-refractivity contribution in [3.05, 3.63) is 71.8 Å². The lowest BCUT2D eigenvalue weighted by Gasteiger charge is -2.18. The van der Waals surface area contributed by atoms with Crippen LogP contribution in [0.1, 0.15) is 20.7 Å². The second kappa shape index (κ2) is 5.47. The molecule has 0 amide bonds. The molecule has 0 atom stereocenters. The molecule has 96 valence electrons. The fraction of sp³-hybridized carbons (Fsp3) is 0.0667. The molecule has 0 unspecified atom stereocenters. The number of halogens is 1. The van der Waals surface area contributed by atoms with E-state index in [4.69, 9.17) is 0 Å². The van der Waals surface area contributed by atoms with Gasteiger partial charge in [-0.05, 0) is 15.9 Å². The lowest BCUT2D eigenvalue weighted by atomic mass is 9.99. The third-order valence-electron chi connectivity index (χ3n) is 2.67. The number of aliphatic hydroxyl groups is 1. The van der Waals surface area contributed by atoms with Crippen molar-refractivity contribution in [1.82, 2.24) is 0 Å². The number of benzene rings is 2. The third kappa shape index (κ3) is 2.80. The van der Waals surface area contributed by atoms with E-state index in [2.05, 4.69) is 15.9 Å². The number of rotatable bonds is 4. The standard InChI is InChI=1S/C15H11BrO3/c16-15(19,13(17)11-7-3-1-4-8-11)14(18)12-9-5-2-6-10-12/h1-10,19H. The van der Waals surface area contributed by atoms with Gasteiger partial charge < -0.3 is 5.11 Å². The molecule has 0 saturated carbocycles.